The van der Waals surface area contributed by atoms with Gasteiger partial charge in [0, 0.05) is 18.6 Å². The van der Waals surface area contributed by atoms with E-state index in [9.17, 15) is 4.79 Å². The van der Waals surface area contributed by atoms with Crippen LogP contribution in [-0.4, -0.2) is 11.5 Å². The van der Waals surface area contributed by atoms with E-state index in [0.29, 0.717) is 25.0 Å². The van der Waals surface area contributed by atoms with E-state index in [1.54, 1.807) is 0 Å². The molecule has 118 valence electrons. The van der Waals surface area contributed by atoms with Crippen LogP contribution in [0.15, 0.2) is 0 Å². The zero-order chi connectivity index (χ0) is 15.1. The van der Waals surface area contributed by atoms with Gasteiger partial charge in [-0.3, -0.25) is 4.79 Å². The number of rotatable bonds is 15. The first-order chi connectivity index (χ1) is 9.70. The molecule has 20 heavy (non-hydrogen) atoms. The standard InChI is InChI=1S/C18H35NO/c1-3-5-6-7-8-9-10-11-12-13-14-15-18(20)16-17(19)4-2/h19H,3-16H2,1-2H3. The van der Waals surface area contributed by atoms with E-state index in [-0.39, 0.29) is 5.78 Å². The van der Waals surface area contributed by atoms with Crippen molar-refractivity contribution in [3.05, 3.63) is 0 Å². The molecule has 0 aliphatic rings. The molecule has 0 rings (SSSR count). The molecule has 0 saturated heterocycles. The Labute approximate surface area is 126 Å². The van der Waals surface area contributed by atoms with Crippen molar-refractivity contribution in [1.82, 2.24) is 0 Å². The Kier molecular flexibility index (Phi) is 14.3. The Morgan fingerprint density at radius 3 is 1.65 bits per heavy atom. The van der Waals surface area contributed by atoms with Gasteiger partial charge in [-0.05, 0) is 12.8 Å². The molecule has 0 unspecified atom stereocenters. The predicted molar refractivity (Wildman–Crippen MR) is 88.7 cm³/mol. The highest BCUT2D eigenvalue weighted by molar-refractivity contribution is 6.00. The molecule has 0 saturated carbocycles. The van der Waals surface area contributed by atoms with Gasteiger partial charge in [-0.1, -0.05) is 78.1 Å². The van der Waals surface area contributed by atoms with Crippen LogP contribution in [-0.2, 0) is 4.79 Å². The Morgan fingerprint density at radius 2 is 1.20 bits per heavy atom. The van der Waals surface area contributed by atoms with Crippen molar-refractivity contribution >= 4 is 11.5 Å². The number of ketones is 1. The van der Waals surface area contributed by atoms with E-state index in [4.69, 9.17) is 5.41 Å². The fraction of sp³-hybridized carbons (Fsp3) is 0.889. The Morgan fingerprint density at radius 1 is 0.750 bits per heavy atom. The number of unbranched alkanes of at least 4 members (excludes halogenated alkanes) is 10. The zero-order valence-corrected chi connectivity index (χ0v) is 13.8. The molecule has 0 aliphatic heterocycles. The third-order valence-corrected chi connectivity index (χ3v) is 3.90. The van der Waals surface area contributed by atoms with Crippen LogP contribution in [0.3, 0.4) is 0 Å². The first-order valence-corrected chi connectivity index (χ1v) is 8.78. The SMILES string of the molecule is CCCCCCCCCCCCCC(=O)CC(=N)CC. The first-order valence-electron chi connectivity index (χ1n) is 8.78. The highest BCUT2D eigenvalue weighted by Crippen LogP contribution is 2.12. The topological polar surface area (TPSA) is 40.9 Å². The number of carbonyl (C=O) groups excluding carboxylic acids is 1. The summed E-state index contributed by atoms with van der Waals surface area (Å²) in [5, 5.41) is 7.50. The normalized spacial score (nSPS) is 10.7. The largest absolute Gasteiger partial charge is 0.309 e. The van der Waals surface area contributed by atoms with Gasteiger partial charge >= 0.3 is 0 Å². The molecule has 2 nitrogen and oxygen atoms in total. The van der Waals surface area contributed by atoms with Crippen molar-refractivity contribution in [2.24, 2.45) is 0 Å². The van der Waals surface area contributed by atoms with Gasteiger partial charge in [-0.15, -0.1) is 0 Å². The van der Waals surface area contributed by atoms with Gasteiger partial charge in [-0.2, -0.15) is 0 Å². The number of hydrogen-bond acceptors (Lipinski definition) is 2. The summed E-state index contributed by atoms with van der Waals surface area (Å²) in [5.74, 6) is 0.257. The van der Waals surface area contributed by atoms with Crippen molar-refractivity contribution in [3.63, 3.8) is 0 Å². The summed E-state index contributed by atoms with van der Waals surface area (Å²) in [4.78, 5) is 11.5. The van der Waals surface area contributed by atoms with Crippen LogP contribution in [0.5, 0.6) is 0 Å². The van der Waals surface area contributed by atoms with Crippen LogP contribution in [0.2, 0.25) is 0 Å². The summed E-state index contributed by atoms with van der Waals surface area (Å²) in [6, 6.07) is 0. The summed E-state index contributed by atoms with van der Waals surface area (Å²) in [7, 11) is 0. The van der Waals surface area contributed by atoms with E-state index in [1.165, 1.54) is 64.2 Å². The van der Waals surface area contributed by atoms with E-state index >= 15 is 0 Å². The molecule has 0 radical (unpaired) electrons. The van der Waals surface area contributed by atoms with Crippen LogP contribution >= 0.6 is 0 Å². The molecular weight excluding hydrogens is 246 g/mol. The molecule has 0 bridgehead atoms. The summed E-state index contributed by atoms with van der Waals surface area (Å²) in [5.41, 5.74) is 0.582. The number of nitrogens with one attached hydrogen (secondary N) is 1. The van der Waals surface area contributed by atoms with E-state index in [2.05, 4.69) is 6.92 Å². The maximum Gasteiger partial charge on any atom is 0.138 e. The third-order valence-electron chi connectivity index (χ3n) is 3.90. The highest BCUT2D eigenvalue weighted by Gasteiger charge is 2.04. The predicted octanol–water partition coefficient (Wildman–Crippen LogP) is 6.08. The van der Waals surface area contributed by atoms with Gasteiger partial charge in [0.05, 0.1) is 0 Å². The molecule has 0 aromatic carbocycles. The molecule has 0 aliphatic carbocycles. The summed E-state index contributed by atoms with van der Waals surface area (Å²) in [6.45, 7) is 4.20. The average molecular weight is 281 g/mol. The Hall–Kier alpha value is -0.660. The first kappa shape index (κ1) is 19.3. The summed E-state index contributed by atoms with van der Waals surface area (Å²) >= 11 is 0. The van der Waals surface area contributed by atoms with Crippen LogP contribution in [0.25, 0.3) is 0 Å². The van der Waals surface area contributed by atoms with Gasteiger partial charge < -0.3 is 5.41 Å². The van der Waals surface area contributed by atoms with Crippen molar-refractivity contribution in [3.8, 4) is 0 Å². The minimum absolute atomic E-state index is 0.257. The lowest BCUT2D eigenvalue weighted by molar-refractivity contribution is -0.118. The summed E-state index contributed by atoms with van der Waals surface area (Å²) < 4.78 is 0. The molecule has 0 aromatic heterocycles. The molecule has 0 atom stereocenters. The van der Waals surface area contributed by atoms with Gasteiger partial charge in [-0.25, -0.2) is 0 Å². The quantitative estimate of drug-likeness (QED) is 0.287. The second kappa shape index (κ2) is 14.7. The summed E-state index contributed by atoms with van der Waals surface area (Å²) in [6.07, 6.45) is 16.3. The second-order valence-electron chi connectivity index (χ2n) is 5.96. The minimum atomic E-state index is 0.257. The van der Waals surface area contributed by atoms with Gasteiger partial charge in [0.2, 0.25) is 0 Å². The van der Waals surface area contributed by atoms with Gasteiger partial charge in [0.1, 0.15) is 5.78 Å². The molecule has 1 N–H and O–H groups in total. The van der Waals surface area contributed by atoms with Crippen molar-refractivity contribution < 1.29 is 4.79 Å². The number of carbonyl (C=O) groups is 1. The smallest absolute Gasteiger partial charge is 0.138 e. The molecule has 2 heteroatoms. The lowest BCUT2D eigenvalue weighted by atomic mass is 10.0. The fourth-order valence-corrected chi connectivity index (χ4v) is 2.44. The number of hydrogen-bond donors (Lipinski definition) is 1. The van der Waals surface area contributed by atoms with E-state index in [0.717, 1.165) is 6.42 Å². The van der Waals surface area contributed by atoms with E-state index in [1.807, 2.05) is 6.92 Å². The monoisotopic (exact) mass is 281 g/mol. The molecular formula is C18H35NO. The van der Waals surface area contributed by atoms with Crippen LogP contribution in [0.4, 0.5) is 0 Å². The molecule has 0 fully saturated rings. The Balaban J connectivity index is 3.16. The lowest BCUT2D eigenvalue weighted by Crippen LogP contribution is -2.05. The van der Waals surface area contributed by atoms with E-state index < -0.39 is 0 Å². The molecule has 0 aromatic rings. The second-order valence-corrected chi connectivity index (χ2v) is 5.96. The van der Waals surface area contributed by atoms with Crippen LogP contribution in [0.1, 0.15) is 104 Å². The van der Waals surface area contributed by atoms with Crippen molar-refractivity contribution in [2.75, 3.05) is 0 Å². The number of Topliss-reactive ketones (excluding diaryl/α,β-unsaturated/α-hetero) is 1. The highest BCUT2D eigenvalue weighted by atomic mass is 16.1. The molecule has 0 spiro atoms. The molecule has 0 amide bonds. The lowest BCUT2D eigenvalue weighted by Gasteiger charge is -2.03. The maximum atomic E-state index is 11.5. The molecule has 0 heterocycles. The average Bonchev–Trinajstić information content (AvgIpc) is 2.44. The zero-order valence-electron chi connectivity index (χ0n) is 13.8. The van der Waals surface area contributed by atoms with Crippen LogP contribution in [0, 0.1) is 5.41 Å². The maximum absolute atomic E-state index is 11.5. The fourth-order valence-electron chi connectivity index (χ4n) is 2.44. The van der Waals surface area contributed by atoms with Gasteiger partial charge in [0.15, 0.2) is 0 Å². The van der Waals surface area contributed by atoms with Crippen molar-refractivity contribution in [1.29, 1.82) is 5.41 Å². The van der Waals surface area contributed by atoms with Gasteiger partial charge in [0.25, 0.3) is 0 Å². The third kappa shape index (κ3) is 13.8. The van der Waals surface area contributed by atoms with Crippen molar-refractivity contribution in [2.45, 2.75) is 104 Å². The Bertz CT molecular complexity index is 248. The van der Waals surface area contributed by atoms with Crippen LogP contribution < -0.4 is 0 Å². The minimum Gasteiger partial charge on any atom is -0.309 e.